The van der Waals surface area contributed by atoms with Crippen molar-refractivity contribution in [3.63, 3.8) is 0 Å². The van der Waals surface area contributed by atoms with E-state index in [1.165, 1.54) is 12.3 Å². The van der Waals surface area contributed by atoms with Gasteiger partial charge in [-0.15, -0.1) is 0 Å². The highest BCUT2D eigenvalue weighted by molar-refractivity contribution is 6.32. The number of amides is 1. The maximum Gasteiger partial charge on any atom is 0.265 e. The van der Waals surface area contributed by atoms with Crippen molar-refractivity contribution in [1.82, 2.24) is 10.3 Å². The highest BCUT2D eigenvalue weighted by Gasteiger charge is 2.19. The number of halogens is 3. The number of alkyl halides is 2. The van der Waals surface area contributed by atoms with Crippen molar-refractivity contribution in [2.75, 3.05) is 12.3 Å². The number of nitrogen functional groups attached to an aromatic ring is 1. The Balaban J connectivity index is 2.67. The average Bonchev–Trinajstić information content (AvgIpc) is 2.28. The molecule has 0 aliphatic rings. The second-order valence-corrected chi connectivity index (χ2v) is 3.58. The number of aliphatic hydroxyl groups is 1. The molecule has 1 rings (SSSR count). The summed E-state index contributed by atoms with van der Waals surface area (Å²) in [5.41, 5.74) is 5.58. The molecule has 0 bridgehead atoms. The molecular formula is C9H10ClF2N3O2. The molecule has 0 saturated heterocycles. The van der Waals surface area contributed by atoms with Crippen LogP contribution in [0.1, 0.15) is 10.4 Å². The van der Waals surface area contributed by atoms with Gasteiger partial charge in [0.25, 0.3) is 12.3 Å². The number of hydrogen-bond acceptors (Lipinski definition) is 4. The Hall–Kier alpha value is -1.47. The van der Waals surface area contributed by atoms with Crippen molar-refractivity contribution in [1.29, 1.82) is 0 Å². The first-order chi connectivity index (χ1) is 7.91. The number of nitrogens with zero attached hydrogens (tertiary/aromatic N) is 1. The monoisotopic (exact) mass is 265 g/mol. The fourth-order valence-electron chi connectivity index (χ4n) is 1.01. The van der Waals surface area contributed by atoms with Crippen LogP contribution in [0.5, 0.6) is 0 Å². The molecule has 8 heteroatoms. The highest BCUT2D eigenvalue weighted by atomic mass is 35.5. The first-order valence-electron chi connectivity index (χ1n) is 4.57. The minimum absolute atomic E-state index is 0.0341. The smallest absolute Gasteiger partial charge is 0.265 e. The van der Waals surface area contributed by atoms with Crippen LogP contribution in [-0.4, -0.2) is 35.1 Å². The lowest BCUT2D eigenvalue weighted by Crippen LogP contribution is -2.36. The predicted molar refractivity (Wildman–Crippen MR) is 58.0 cm³/mol. The standard InChI is InChI=1S/C9H10ClF2N3O2/c10-7-5(1-4(13)2-14-7)9(17)15-3-6(16)8(11)12/h1-2,6,8,16H,3,13H2,(H,15,17). The van der Waals surface area contributed by atoms with Crippen molar-refractivity contribution in [2.24, 2.45) is 0 Å². The lowest BCUT2D eigenvalue weighted by Gasteiger charge is -2.11. The number of nitrogens with two attached hydrogens (primary N) is 1. The lowest BCUT2D eigenvalue weighted by molar-refractivity contribution is -0.00270. The molecule has 0 saturated carbocycles. The topological polar surface area (TPSA) is 88.2 Å². The summed E-state index contributed by atoms with van der Waals surface area (Å²) in [6, 6.07) is 1.26. The SMILES string of the molecule is Nc1cnc(Cl)c(C(=O)NCC(O)C(F)F)c1. The molecule has 1 heterocycles. The Morgan fingerprint density at radius 3 is 2.88 bits per heavy atom. The fourth-order valence-corrected chi connectivity index (χ4v) is 1.19. The van der Waals surface area contributed by atoms with Gasteiger partial charge in [-0.1, -0.05) is 11.6 Å². The second-order valence-electron chi connectivity index (χ2n) is 3.22. The van der Waals surface area contributed by atoms with Crippen LogP contribution < -0.4 is 11.1 Å². The summed E-state index contributed by atoms with van der Waals surface area (Å²) in [4.78, 5) is 15.1. The van der Waals surface area contributed by atoms with Crippen LogP contribution in [0, 0.1) is 0 Å². The van der Waals surface area contributed by atoms with Crippen LogP contribution in [0.15, 0.2) is 12.3 Å². The Morgan fingerprint density at radius 1 is 1.65 bits per heavy atom. The van der Waals surface area contributed by atoms with E-state index in [2.05, 4.69) is 10.3 Å². The van der Waals surface area contributed by atoms with Crippen molar-refractivity contribution < 1.29 is 18.7 Å². The van der Waals surface area contributed by atoms with Gasteiger partial charge in [0, 0.05) is 6.54 Å². The van der Waals surface area contributed by atoms with Gasteiger partial charge in [0.2, 0.25) is 0 Å². The molecule has 1 aromatic heterocycles. The molecular weight excluding hydrogens is 256 g/mol. The van der Waals surface area contributed by atoms with E-state index in [9.17, 15) is 13.6 Å². The Labute approximate surface area is 101 Å². The quantitative estimate of drug-likeness (QED) is 0.698. The maximum atomic E-state index is 12.0. The molecule has 1 unspecified atom stereocenters. The molecule has 4 N–H and O–H groups in total. The first kappa shape index (κ1) is 13.6. The van der Waals surface area contributed by atoms with Crippen molar-refractivity contribution in [3.05, 3.63) is 23.0 Å². The average molecular weight is 266 g/mol. The molecule has 0 aromatic carbocycles. The van der Waals surface area contributed by atoms with Crippen molar-refractivity contribution in [3.8, 4) is 0 Å². The zero-order valence-corrected chi connectivity index (χ0v) is 9.29. The Bertz CT molecular complexity index is 417. The maximum absolute atomic E-state index is 12.0. The van der Waals surface area contributed by atoms with E-state index < -0.39 is 25.0 Å². The predicted octanol–water partition coefficient (Wildman–Crippen LogP) is 0.673. The fraction of sp³-hybridized carbons (Fsp3) is 0.333. The van der Waals surface area contributed by atoms with Gasteiger partial charge in [0.15, 0.2) is 0 Å². The van der Waals surface area contributed by atoms with Crippen LogP contribution in [0.25, 0.3) is 0 Å². The van der Waals surface area contributed by atoms with Gasteiger partial charge in [-0.2, -0.15) is 0 Å². The first-order valence-corrected chi connectivity index (χ1v) is 4.95. The van der Waals surface area contributed by atoms with Crippen molar-refractivity contribution in [2.45, 2.75) is 12.5 Å². The summed E-state index contributed by atoms with van der Waals surface area (Å²) >= 11 is 5.63. The number of carbonyl (C=O) groups is 1. The number of anilines is 1. The normalized spacial score (nSPS) is 12.5. The summed E-state index contributed by atoms with van der Waals surface area (Å²) in [6.07, 6.45) is -3.59. The summed E-state index contributed by atoms with van der Waals surface area (Å²) in [7, 11) is 0. The summed E-state index contributed by atoms with van der Waals surface area (Å²) < 4.78 is 23.9. The number of nitrogens with one attached hydrogen (secondary N) is 1. The van der Waals surface area contributed by atoms with Gasteiger partial charge in [0.1, 0.15) is 11.3 Å². The molecule has 0 fully saturated rings. The van der Waals surface area contributed by atoms with E-state index in [-0.39, 0.29) is 16.4 Å². The third-order valence-electron chi connectivity index (χ3n) is 1.87. The van der Waals surface area contributed by atoms with Gasteiger partial charge in [0.05, 0.1) is 17.4 Å². The minimum atomic E-state index is -2.93. The number of rotatable bonds is 4. The van der Waals surface area contributed by atoms with Crippen LogP contribution in [0.3, 0.4) is 0 Å². The minimum Gasteiger partial charge on any atom is -0.397 e. The summed E-state index contributed by atoms with van der Waals surface area (Å²) in [5, 5.41) is 10.8. The van der Waals surface area contributed by atoms with Crippen LogP contribution >= 0.6 is 11.6 Å². The largest absolute Gasteiger partial charge is 0.397 e. The molecule has 1 aromatic rings. The van der Waals surface area contributed by atoms with E-state index >= 15 is 0 Å². The number of aromatic nitrogens is 1. The van der Waals surface area contributed by atoms with Gasteiger partial charge in [-0.25, -0.2) is 13.8 Å². The molecule has 5 nitrogen and oxygen atoms in total. The number of hydrogen-bond donors (Lipinski definition) is 3. The molecule has 1 atom stereocenters. The molecule has 0 aliphatic carbocycles. The van der Waals surface area contributed by atoms with Crippen LogP contribution in [0.4, 0.5) is 14.5 Å². The molecule has 0 spiro atoms. The third-order valence-corrected chi connectivity index (χ3v) is 2.17. The van der Waals surface area contributed by atoms with E-state index in [1.807, 2.05) is 0 Å². The number of aliphatic hydroxyl groups excluding tert-OH is 1. The molecule has 0 radical (unpaired) electrons. The van der Waals surface area contributed by atoms with Crippen molar-refractivity contribution >= 4 is 23.2 Å². The summed E-state index contributed by atoms with van der Waals surface area (Å²) in [6.45, 7) is -0.582. The molecule has 17 heavy (non-hydrogen) atoms. The Kier molecular flexibility index (Phi) is 4.59. The van der Waals surface area contributed by atoms with Crippen LogP contribution in [-0.2, 0) is 0 Å². The van der Waals surface area contributed by atoms with E-state index in [4.69, 9.17) is 22.4 Å². The third kappa shape index (κ3) is 3.79. The van der Waals surface area contributed by atoms with Gasteiger partial charge in [-0.3, -0.25) is 4.79 Å². The van der Waals surface area contributed by atoms with Gasteiger partial charge < -0.3 is 16.2 Å². The number of carbonyl (C=O) groups excluding carboxylic acids is 1. The summed E-state index contributed by atoms with van der Waals surface area (Å²) in [5.74, 6) is -0.727. The van der Waals surface area contributed by atoms with E-state index in [1.54, 1.807) is 0 Å². The second kappa shape index (κ2) is 5.74. The van der Waals surface area contributed by atoms with Gasteiger partial charge in [-0.05, 0) is 6.07 Å². The number of pyridine rings is 1. The Morgan fingerprint density at radius 2 is 2.29 bits per heavy atom. The van der Waals surface area contributed by atoms with E-state index in [0.717, 1.165) is 0 Å². The molecule has 94 valence electrons. The molecule has 0 aliphatic heterocycles. The lowest BCUT2D eigenvalue weighted by atomic mass is 10.2. The zero-order valence-electron chi connectivity index (χ0n) is 8.53. The highest BCUT2D eigenvalue weighted by Crippen LogP contribution is 2.15. The van der Waals surface area contributed by atoms with Crippen LogP contribution in [0.2, 0.25) is 5.15 Å². The molecule has 1 amide bonds. The zero-order chi connectivity index (χ0) is 13.0. The van der Waals surface area contributed by atoms with E-state index in [0.29, 0.717) is 0 Å². The van der Waals surface area contributed by atoms with Gasteiger partial charge >= 0.3 is 0 Å².